The van der Waals surface area contributed by atoms with E-state index in [1.165, 1.54) is 4.57 Å². The molecular formula is C51H32N4S. The van der Waals surface area contributed by atoms with E-state index in [1.54, 1.807) is 17.4 Å². The van der Waals surface area contributed by atoms with Crippen molar-refractivity contribution < 1.29 is 16.4 Å². The Hall–Kier alpha value is -7.21. The van der Waals surface area contributed by atoms with Gasteiger partial charge in [0.25, 0.3) is 0 Å². The largest absolute Gasteiger partial charge is 0.308 e. The number of benzene rings is 8. The summed E-state index contributed by atoms with van der Waals surface area (Å²) in [6, 6.07) is 31.0. The van der Waals surface area contributed by atoms with Crippen LogP contribution in [0.1, 0.15) is 16.4 Å². The molecule has 0 saturated heterocycles. The molecule has 262 valence electrons. The molecule has 11 aromatic rings. The van der Waals surface area contributed by atoms with E-state index in [-0.39, 0.29) is 33.3 Å². The summed E-state index contributed by atoms with van der Waals surface area (Å²) in [5.41, 5.74) is 2.29. The molecule has 5 heteroatoms. The molecule has 0 unspecified atom stereocenters. The lowest BCUT2D eigenvalue weighted by Gasteiger charge is -2.16. The van der Waals surface area contributed by atoms with Crippen molar-refractivity contribution in [3.05, 3.63) is 194 Å². The van der Waals surface area contributed by atoms with Crippen LogP contribution in [0, 0.1) is 0 Å². The van der Waals surface area contributed by atoms with Crippen LogP contribution in [0.3, 0.4) is 0 Å². The minimum absolute atomic E-state index is 0.121. The lowest BCUT2D eigenvalue weighted by Crippen LogP contribution is -2.04. The third-order valence-corrected chi connectivity index (χ3v) is 10.9. The molecule has 56 heavy (non-hydrogen) atoms. The van der Waals surface area contributed by atoms with E-state index in [9.17, 15) is 6.85 Å². The van der Waals surface area contributed by atoms with Crippen LogP contribution in [0.25, 0.3) is 104 Å². The summed E-state index contributed by atoms with van der Waals surface area (Å²) in [6.07, 6.45) is 0. The number of para-hydroxylation sites is 1. The van der Waals surface area contributed by atoms with Gasteiger partial charge in [0.15, 0.2) is 17.5 Å². The molecule has 0 saturated carbocycles. The standard InChI is InChI=1S/C51H32N4S/c1-4-14-33(15-5-1)36-26-29-45-43(30-36)39-20-10-12-22-44(39)55(45)46-31-37(38-24-27-41-40-21-11-13-23-47(40)56-48(41)32-38)25-28-42(46)51-53-49(34-16-6-2-7-17-34)52-50(54-51)35-18-8-3-9-19-35/h1-32H/i1D,4D,5D,10D,12D,14D,15D,20D,22D,26D,29D,30D. The zero-order chi connectivity index (χ0) is 47.4. The molecule has 4 nitrogen and oxygen atoms in total. The van der Waals surface area contributed by atoms with Crippen molar-refractivity contribution in [1.82, 2.24) is 19.5 Å². The number of fused-ring (bicyclic) bond motifs is 6. The fourth-order valence-electron chi connectivity index (χ4n) is 7.18. The first-order valence-electron chi connectivity index (χ1n) is 23.8. The van der Waals surface area contributed by atoms with Crippen molar-refractivity contribution >= 4 is 53.3 Å². The zero-order valence-corrected chi connectivity index (χ0v) is 30.1. The first-order chi connectivity index (χ1) is 32.7. The highest BCUT2D eigenvalue weighted by Crippen LogP contribution is 2.41. The van der Waals surface area contributed by atoms with Crippen LogP contribution in [-0.4, -0.2) is 19.5 Å². The summed E-state index contributed by atoms with van der Waals surface area (Å²) >= 11 is 1.65. The van der Waals surface area contributed by atoms with Gasteiger partial charge in [0, 0.05) is 47.6 Å². The highest BCUT2D eigenvalue weighted by Gasteiger charge is 2.21. The number of hydrogen-bond acceptors (Lipinski definition) is 4. The topological polar surface area (TPSA) is 43.6 Å². The van der Waals surface area contributed by atoms with Crippen LogP contribution in [0.2, 0.25) is 0 Å². The maximum Gasteiger partial charge on any atom is 0.166 e. The van der Waals surface area contributed by atoms with Crippen LogP contribution in [-0.2, 0) is 0 Å². The molecule has 0 aliphatic carbocycles. The average Bonchev–Trinajstić information content (AvgIpc) is 3.93. The Morgan fingerprint density at radius 2 is 1.04 bits per heavy atom. The molecule has 0 aliphatic rings. The summed E-state index contributed by atoms with van der Waals surface area (Å²) in [5.74, 6) is 0.861. The van der Waals surface area contributed by atoms with Crippen LogP contribution in [0.4, 0.5) is 0 Å². The molecule has 0 atom stereocenters. The van der Waals surface area contributed by atoms with Crippen LogP contribution >= 0.6 is 11.3 Å². The van der Waals surface area contributed by atoms with Crippen LogP contribution in [0.15, 0.2) is 194 Å². The van der Waals surface area contributed by atoms with Gasteiger partial charge in [-0.05, 0) is 64.6 Å². The number of hydrogen-bond donors (Lipinski definition) is 0. The molecular weight excluding hydrogens is 701 g/mol. The van der Waals surface area contributed by atoms with Crippen LogP contribution < -0.4 is 0 Å². The number of aromatic nitrogens is 4. The summed E-state index contributed by atoms with van der Waals surface area (Å²) < 4.78 is 112. The molecule has 0 N–H and O–H groups in total. The monoisotopic (exact) mass is 744 g/mol. The predicted molar refractivity (Wildman–Crippen MR) is 234 cm³/mol. The average molecular weight is 745 g/mol. The molecule has 3 aromatic heterocycles. The van der Waals surface area contributed by atoms with Gasteiger partial charge >= 0.3 is 0 Å². The number of thiophene rings is 1. The van der Waals surface area contributed by atoms with Gasteiger partial charge in [0.2, 0.25) is 0 Å². The SMILES string of the molecule is [2H]c1c([2H])c([2H])c(-c2c([2H])c([2H])c3c(c2[2H])c2c([2H])c([2H])c([2H])c([2H])c2n3-c2cc(-c3ccc4c(c3)sc3ccccc34)ccc2-c2nc(-c3ccccc3)nc(-c3ccccc3)n2)c([2H])c1[2H]. The van der Waals surface area contributed by atoms with Crippen molar-refractivity contribution in [3.63, 3.8) is 0 Å². The molecule has 0 radical (unpaired) electrons. The van der Waals surface area contributed by atoms with E-state index in [2.05, 4.69) is 24.3 Å². The lowest BCUT2D eigenvalue weighted by molar-refractivity contribution is 1.06. The molecule has 0 fully saturated rings. The summed E-state index contributed by atoms with van der Waals surface area (Å²) in [6.45, 7) is 0. The van der Waals surface area contributed by atoms with Gasteiger partial charge < -0.3 is 4.57 Å². The highest BCUT2D eigenvalue weighted by atomic mass is 32.1. The molecule has 0 aliphatic heterocycles. The molecule has 0 amide bonds. The summed E-state index contributed by atoms with van der Waals surface area (Å²) in [5, 5.41) is 1.86. The van der Waals surface area contributed by atoms with Crippen molar-refractivity contribution in [2.45, 2.75) is 0 Å². The Kier molecular flexibility index (Phi) is 5.27. The zero-order valence-electron chi connectivity index (χ0n) is 41.2. The van der Waals surface area contributed by atoms with Crippen molar-refractivity contribution in [2.24, 2.45) is 0 Å². The molecule has 0 bridgehead atoms. The first-order valence-corrected chi connectivity index (χ1v) is 18.6. The number of rotatable bonds is 6. The minimum atomic E-state index is -0.701. The van der Waals surface area contributed by atoms with Gasteiger partial charge in [-0.2, -0.15) is 0 Å². The van der Waals surface area contributed by atoms with Gasteiger partial charge in [-0.3, -0.25) is 0 Å². The third kappa shape index (κ3) is 5.48. The van der Waals surface area contributed by atoms with Gasteiger partial charge in [-0.25, -0.2) is 15.0 Å². The van der Waals surface area contributed by atoms with E-state index in [4.69, 9.17) is 24.5 Å². The normalized spacial score (nSPS) is 14.6. The van der Waals surface area contributed by atoms with Gasteiger partial charge in [0.1, 0.15) is 0 Å². The Labute approximate surface area is 344 Å². The number of nitrogens with zero attached hydrogens (tertiary/aromatic N) is 4. The Bertz CT molecular complexity index is 3860. The molecule has 11 rings (SSSR count). The van der Waals surface area contributed by atoms with E-state index >= 15 is 0 Å². The second-order valence-corrected chi connectivity index (χ2v) is 14.2. The summed E-state index contributed by atoms with van der Waals surface area (Å²) in [7, 11) is 0. The lowest BCUT2D eigenvalue weighted by atomic mass is 10.00. The van der Waals surface area contributed by atoms with Gasteiger partial charge in [-0.1, -0.05) is 151 Å². The second-order valence-electron chi connectivity index (χ2n) is 13.1. The quantitative estimate of drug-likeness (QED) is 0.170. The molecule has 3 heterocycles. The Morgan fingerprint density at radius 1 is 0.411 bits per heavy atom. The predicted octanol–water partition coefficient (Wildman–Crippen LogP) is 13.7. The van der Waals surface area contributed by atoms with Crippen molar-refractivity contribution in [2.75, 3.05) is 0 Å². The highest BCUT2D eigenvalue weighted by molar-refractivity contribution is 7.25. The summed E-state index contributed by atoms with van der Waals surface area (Å²) in [4.78, 5) is 14.9. The van der Waals surface area contributed by atoms with E-state index in [0.29, 0.717) is 33.9 Å². The van der Waals surface area contributed by atoms with Crippen molar-refractivity contribution in [3.8, 4) is 62.1 Å². The van der Waals surface area contributed by atoms with Crippen LogP contribution in [0.5, 0.6) is 0 Å². The maximum atomic E-state index is 9.78. The Morgan fingerprint density at radius 3 is 1.82 bits per heavy atom. The Balaban J connectivity index is 1.30. The third-order valence-electron chi connectivity index (χ3n) is 9.80. The van der Waals surface area contributed by atoms with E-state index in [1.807, 2.05) is 91.0 Å². The second kappa shape index (κ2) is 13.3. The van der Waals surface area contributed by atoms with Gasteiger partial charge in [-0.15, -0.1) is 11.3 Å². The first kappa shape index (κ1) is 22.2. The molecule has 0 spiro atoms. The molecule has 8 aromatic carbocycles. The van der Waals surface area contributed by atoms with Crippen molar-refractivity contribution in [1.29, 1.82) is 0 Å². The fourth-order valence-corrected chi connectivity index (χ4v) is 8.32. The smallest absolute Gasteiger partial charge is 0.166 e. The van der Waals surface area contributed by atoms with E-state index < -0.39 is 83.6 Å². The van der Waals surface area contributed by atoms with Gasteiger partial charge in [0.05, 0.1) is 33.2 Å². The minimum Gasteiger partial charge on any atom is -0.308 e. The van der Waals surface area contributed by atoms with E-state index in [0.717, 1.165) is 25.7 Å². The fraction of sp³-hybridized carbons (Fsp3) is 0. The maximum absolute atomic E-state index is 9.78.